The van der Waals surface area contributed by atoms with Crippen molar-refractivity contribution in [3.8, 4) is 11.5 Å². The van der Waals surface area contributed by atoms with Gasteiger partial charge in [0, 0.05) is 32.3 Å². The maximum Gasteiger partial charge on any atom is 0.241 e. The summed E-state index contributed by atoms with van der Waals surface area (Å²) in [6.07, 6.45) is 2.12. The topological polar surface area (TPSA) is 75.2 Å². The SMILES string of the molecule is CCCCNC(=NCc1ccc(OC)cc1OC)NCC(=O)N(C)C. The molecule has 0 saturated heterocycles. The molecular formula is C18H30N4O3. The largest absolute Gasteiger partial charge is 0.497 e. The Labute approximate surface area is 150 Å². The standard InChI is InChI=1S/C18H30N4O3/c1-6-7-10-19-18(21-13-17(23)22(2)3)20-12-14-8-9-15(24-4)11-16(14)25-5/h8-9,11H,6-7,10,12-13H2,1-5H3,(H2,19,20,21). The summed E-state index contributed by atoms with van der Waals surface area (Å²) in [6.45, 7) is 3.57. The molecule has 2 N–H and O–H groups in total. The fourth-order valence-corrected chi connectivity index (χ4v) is 2.02. The number of benzene rings is 1. The number of nitrogens with one attached hydrogen (secondary N) is 2. The van der Waals surface area contributed by atoms with Crippen molar-refractivity contribution in [1.82, 2.24) is 15.5 Å². The zero-order chi connectivity index (χ0) is 18.7. The van der Waals surface area contributed by atoms with Gasteiger partial charge in [0.2, 0.25) is 5.91 Å². The van der Waals surface area contributed by atoms with E-state index >= 15 is 0 Å². The van der Waals surface area contributed by atoms with Crippen molar-refractivity contribution in [3.63, 3.8) is 0 Å². The van der Waals surface area contributed by atoms with Crippen LogP contribution < -0.4 is 20.1 Å². The molecule has 0 unspecified atom stereocenters. The van der Waals surface area contributed by atoms with Crippen molar-refractivity contribution in [3.05, 3.63) is 23.8 Å². The molecular weight excluding hydrogens is 320 g/mol. The Morgan fingerprint density at radius 1 is 1.20 bits per heavy atom. The predicted molar refractivity (Wildman–Crippen MR) is 100 cm³/mol. The number of likely N-dealkylation sites (N-methyl/N-ethyl adjacent to an activating group) is 1. The highest BCUT2D eigenvalue weighted by atomic mass is 16.5. The van der Waals surface area contributed by atoms with Crippen LogP contribution in [0.3, 0.4) is 0 Å². The second-order valence-corrected chi connectivity index (χ2v) is 5.76. The molecule has 1 rings (SSSR count). The molecule has 0 saturated carbocycles. The van der Waals surface area contributed by atoms with Crippen LogP contribution in [0.2, 0.25) is 0 Å². The van der Waals surface area contributed by atoms with E-state index in [-0.39, 0.29) is 12.5 Å². The van der Waals surface area contributed by atoms with E-state index < -0.39 is 0 Å². The second-order valence-electron chi connectivity index (χ2n) is 5.76. The Bertz CT molecular complexity index is 573. The molecule has 0 aromatic heterocycles. The van der Waals surface area contributed by atoms with E-state index in [1.54, 1.807) is 33.2 Å². The van der Waals surface area contributed by atoms with E-state index in [4.69, 9.17) is 9.47 Å². The molecule has 0 radical (unpaired) electrons. The molecule has 1 amide bonds. The second kappa shape index (κ2) is 11.2. The fraction of sp³-hybridized carbons (Fsp3) is 0.556. The van der Waals surface area contributed by atoms with Crippen LogP contribution in [0, 0.1) is 0 Å². The van der Waals surface area contributed by atoms with Crippen molar-refractivity contribution >= 4 is 11.9 Å². The van der Waals surface area contributed by atoms with Gasteiger partial charge in [0.25, 0.3) is 0 Å². The summed E-state index contributed by atoms with van der Waals surface area (Å²) >= 11 is 0. The van der Waals surface area contributed by atoms with Crippen LogP contribution in [0.5, 0.6) is 11.5 Å². The zero-order valence-corrected chi connectivity index (χ0v) is 15.9. The van der Waals surface area contributed by atoms with E-state index in [1.165, 1.54) is 0 Å². The molecule has 0 spiro atoms. The molecule has 0 aliphatic rings. The van der Waals surface area contributed by atoms with Crippen LogP contribution >= 0.6 is 0 Å². The van der Waals surface area contributed by atoms with Crippen molar-refractivity contribution in [2.45, 2.75) is 26.3 Å². The first-order chi connectivity index (χ1) is 12.0. The van der Waals surface area contributed by atoms with Gasteiger partial charge in [-0.2, -0.15) is 0 Å². The maximum absolute atomic E-state index is 11.8. The van der Waals surface area contributed by atoms with Crippen LogP contribution in [0.1, 0.15) is 25.3 Å². The summed E-state index contributed by atoms with van der Waals surface area (Å²) < 4.78 is 10.6. The number of methoxy groups -OCH3 is 2. The molecule has 0 atom stereocenters. The molecule has 0 aliphatic carbocycles. The van der Waals surface area contributed by atoms with Crippen LogP contribution in [0.25, 0.3) is 0 Å². The number of carbonyl (C=O) groups excluding carboxylic acids is 1. The van der Waals surface area contributed by atoms with Gasteiger partial charge < -0.3 is 25.0 Å². The highest BCUT2D eigenvalue weighted by molar-refractivity contribution is 5.86. The molecule has 0 heterocycles. The molecule has 7 nitrogen and oxygen atoms in total. The van der Waals surface area contributed by atoms with E-state index in [1.807, 2.05) is 18.2 Å². The number of carbonyl (C=O) groups is 1. The number of rotatable bonds is 9. The smallest absolute Gasteiger partial charge is 0.241 e. The molecule has 7 heteroatoms. The number of nitrogens with zero attached hydrogens (tertiary/aromatic N) is 2. The number of hydrogen-bond acceptors (Lipinski definition) is 4. The Balaban J connectivity index is 2.80. The van der Waals surface area contributed by atoms with Crippen molar-refractivity contribution < 1.29 is 14.3 Å². The first-order valence-corrected chi connectivity index (χ1v) is 8.45. The van der Waals surface area contributed by atoms with E-state index in [9.17, 15) is 4.79 Å². The van der Waals surface area contributed by atoms with Gasteiger partial charge >= 0.3 is 0 Å². The van der Waals surface area contributed by atoms with E-state index in [0.29, 0.717) is 12.5 Å². The van der Waals surface area contributed by atoms with Crippen LogP contribution in [-0.4, -0.2) is 58.2 Å². The lowest BCUT2D eigenvalue weighted by atomic mass is 10.2. The van der Waals surface area contributed by atoms with Crippen LogP contribution in [0.4, 0.5) is 0 Å². The minimum Gasteiger partial charge on any atom is -0.497 e. The van der Waals surface area contributed by atoms with Gasteiger partial charge in [-0.05, 0) is 18.6 Å². The summed E-state index contributed by atoms with van der Waals surface area (Å²) in [5.74, 6) is 2.06. The minimum atomic E-state index is -0.00739. The fourth-order valence-electron chi connectivity index (χ4n) is 2.02. The number of hydrogen-bond donors (Lipinski definition) is 2. The number of amides is 1. The number of guanidine groups is 1. The Morgan fingerprint density at radius 2 is 1.96 bits per heavy atom. The third-order valence-electron chi connectivity index (χ3n) is 3.63. The van der Waals surface area contributed by atoms with Gasteiger partial charge in [0.1, 0.15) is 11.5 Å². The first-order valence-electron chi connectivity index (χ1n) is 8.45. The number of aliphatic imine (C=N–C) groups is 1. The van der Waals surface area contributed by atoms with E-state index in [2.05, 4.69) is 22.5 Å². The Morgan fingerprint density at radius 3 is 2.56 bits per heavy atom. The van der Waals surface area contributed by atoms with Gasteiger partial charge in [0.05, 0.1) is 27.3 Å². The maximum atomic E-state index is 11.8. The number of ether oxygens (including phenoxy) is 2. The average molecular weight is 350 g/mol. The molecule has 0 fully saturated rings. The molecule has 0 bridgehead atoms. The summed E-state index contributed by atoms with van der Waals surface area (Å²) in [5.41, 5.74) is 0.943. The van der Waals surface area contributed by atoms with Crippen molar-refractivity contribution in [2.24, 2.45) is 4.99 Å². The third kappa shape index (κ3) is 7.32. The first kappa shape index (κ1) is 20.6. The normalized spacial score (nSPS) is 11.0. The lowest BCUT2D eigenvalue weighted by molar-refractivity contribution is -0.127. The minimum absolute atomic E-state index is 0.00739. The molecule has 140 valence electrons. The quantitative estimate of drug-likeness (QED) is 0.402. The summed E-state index contributed by atoms with van der Waals surface area (Å²) in [4.78, 5) is 17.9. The molecule has 0 aliphatic heterocycles. The average Bonchev–Trinajstić information content (AvgIpc) is 2.62. The van der Waals surface area contributed by atoms with Crippen LogP contribution in [-0.2, 0) is 11.3 Å². The highest BCUT2D eigenvalue weighted by Gasteiger charge is 2.08. The Kier molecular flexibility index (Phi) is 9.21. The summed E-state index contributed by atoms with van der Waals surface area (Å²) in [6, 6.07) is 5.63. The van der Waals surface area contributed by atoms with Gasteiger partial charge in [0.15, 0.2) is 5.96 Å². The number of unbranched alkanes of at least 4 members (excludes halogenated alkanes) is 1. The van der Waals surface area contributed by atoms with Gasteiger partial charge in [-0.15, -0.1) is 0 Å². The zero-order valence-electron chi connectivity index (χ0n) is 15.9. The Hall–Kier alpha value is -2.44. The lowest BCUT2D eigenvalue weighted by Crippen LogP contribution is -2.43. The molecule has 25 heavy (non-hydrogen) atoms. The van der Waals surface area contributed by atoms with Crippen molar-refractivity contribution in [1.29, 1.82) is 0 Å². The van der Waals surface area contributed by atoms with Crippen LogP contribution in [0.15, 0.2) is 23.2 Å². The van der Waals surface area contributed by atoms with Gasteiger partial charge in [-0.3, -0.25) is 4.79 Å². The lowest BCUT2D eigenvalue weighted by Gasteiger charge is -2.15. The molecule has 1 aromatic rings. The highest BCUT2D eigenvalue weighted by Crippen LogP contribution is 2.25. The van der Waals surface area contributed by atoms with E-state index in [0.717, 1.165) is 36.4 Å². The summed E-state index contributed by atoms with van der Waals surface area (Å²) in [7, 11) is 6.70. The molecule has 1 aromatic carbocycles. The van der Waals surface area contributed by atoms with Gasteiger partial charge in [-0.1, -0.05) is 13.3 Å². The summed E-state index contributed by atoms with van der Waals surface area (Å²) in [5, 5.41) is 6.32. The predicted octanol–water partition coefficient (Wildman–Crippen LogP) is 1.63. The van der Waals surface area contributed by atoms with Gasteiger partial charge in [-0.25, -0.2) is 4.99 Å². The van der Waals surface area contributed by atoms with Crippen molar-refractivity contribution in [2.75, 3.05) is 41.4 Å². The monoisotopic (exact) mass is 350 g/mol. The third-order valence-corrected chi connectivity index (χ3v) is 3.63.